The van der Waals surface area contributed by atoms with E-state index in [1.165, 1.54) is 6.07 Å². The van der Waals surface area contributed by atoms with E-state index in [2.05, 4.69) is 0 Å². The normalized spacial score (nSPS) is 11.1. The largest absolute Gasteiger partial charge is 0.452 e. The van der Waals surface area contributed by atoms with Gasteiger partial charge in [-0.2, -0.15) is 0 Å². The van der Waals surface area contributed by atoms with E-state index in [0.29, 0.717) is 21.6 Å². The summed E-state index contributed by atoms with van der Waals surface area (Å²) in [5.74, 6) is -1.02. The molecule has 128 valence electrons. The molecule has 25 heavy (non-hydrogen) atoms. The van der Waals surface area contributed by atoms with E-state index in [0.717, 1.165) is 0 Å². The Bertz CT molecular complexity index is 1020. The Labute approximate surface area is 153 Å². The summed E-state index contributed by atoms with van der Waals surface area (Å²) in [6.45, 7) is 3.36. The fourth-order valence-electron chi connectivity index (χ4n) is 2.29. The van der Waals surface area contributed by atoms with Gasteiger partial charge < -0.3 is 9.15 Å². The second-order valence-electron chi connectivity index (χ2n) is 5.79. The van der Waals surface area contributed by atoms with Gasteiger partial charge >= 0.3 is 5.97 Å². The lowest BCUT2D eigenvalue weighted by molar-refractivity contribution is -0.137. The van der Waals surface area contributed by atoms with Crippen LogP contribution in [0.25, 0.3) is 22.3 Å². The second-order valence-corrected chi connectivity index (χ2v) is 6.63. The van der Waals surface area contributed by atoms with Crippen LogP contribution in [0.5, 0.6) is 5.75 Å². The van der Waals surface area contributed by atoms with Gasteiger partial charge in [0.2, 0.25) is 11.2 Å². The molecule has 0 radical (unpaired) electrons. The maximum Gasteiger partial charge on any atom is 0.314 e. The number of fused-ring (bicyclic) bond motifs is 1. The van der Waals surface area contributed by atoms with E-state index in [4.69, 9.17) is 32.4 Å². The summed E-state index contributed by atoms with van der Waals surface area (Å²) < 4.78 is 11.2. The molecule has 4 nitrogen and oxygen atoms in total. The zero-order valence-corrected chi connectivity index (χ0v) is 15.0. The highest BCUT2D eigenvalue weighted by Crippen LogP contribution is 2.36. The zero-order valence-electron chi connectivity index (χ0n) is 13.5. The van der Waals surface area contributed by atoms with Crippen molar-refractivity contribution in [2.24, 2.45) is 5.92 Å². The summed E-state index contributed by atoms with van der Waals surface area (Å²) in [5, 5.41) is 1.05. The molecule has 0 aliphatic rings. The number of benzene rings is 2. The molecule has 0 amide bonds. The Hall–Kier alpha value is -2.30. The predicted octanol–water partition coefficient (Wildman–Crippen LogP) is 5.33. The molecule has 0 spiro atoms. The van der Waals surface area contributed by atoms with E-state index in [-0.39, 0.29) is 16.5 Å². The first-order chi connectivity index (χ1) is 11.9. The monoisotopic (exact) mass is 376 g/mol. The molecule has 3 aromatic rings. The van der Waals surface area contributed by atoms with Crippen molar-refractivity contribution in [2.75, 3.05) is 0 Å². The highest BCUT2D eigenvalue weighted by Gasteiger charge is 2.23. The molecular formula is C19H14Cl2O4. The Balaban J connectivity index is 2.31. The summed E-state index contributed by atoms with van der Waals surface area (Å²) in [6, 6.07) is 11.5. The van der Waals surface area contributed by atoms with Gasteiger partial charge in [-0.1, -0.05) is 49.2 Å². The van der Waals surface area contributed by atoms with Crippen LogP contribution in [0.2, 0.25) is 10.0 Å². The van der Waals surface area contributed by atoms with Crippen LogP contribution in [0, 0.1) is 5.92 Å². The Morgan fingerprint density at radius 1 is 1.12 bits per heavy atom. The van der Waals surface area contributed by atoms with Gasteiger partial charge in [0, 0.05) is 10.6 Å². The summed E-state index contributed by atoms with van der Waals surface area (Å²) >= 11 is 12.2. The van der Waals surface area contributed by atoms with Crippen LogP contribution in [-0.4, -0.2) is 5.97 Å². The van der Waals surface area contributed by atoms with Crippen LogP contribution in [0.15, 0.2) is 51.7 Å². The molecule has 0 fully saturated rings. The predicted molar refractivity (Wildman–Crippen MR) is 98.4 cm³/mol. The highest BCUT2D eigenvalue weighted by molar-refractivity contribution is 6.36. The van der Waals surface area contributed by atoms with E-state index < -0.39 is 17.3 Å². The minimum absolute atomic E-state index is 0.0966. The Morgan fingerprint density at radius 3 is 2.52 bits per heavy atom. The van der Waals surface area contributed by atoms with Crippen LogP contribution < -0.4 is 10.2 Å². The zero-order chi connectivity index (χ0) is 18.1. The lowest BCUT2D eigenvalue weighted by atomic mass is 10.1. The first kappa shape index (κ1) is 17.5. The summed E-state index contributed by atoms with van der Waals surface area (Å²) in [5.41, 5.74) is 0.357. The van der Waals surface area contributed by atoms with Crippen LogP contribution in [0.3, 0.4) is 0 Å². The topological polar surface area (TPSA) is 56.5 Å². The van der Waals surface area contributed by atoms with Gasteiger partial charge in [-0.3, -0.25) is 9.59 Å². The number of para-hydroxylation sites is 1. The third-order valence-corrected chi connectivity index (χ3v) is 4.15. The third kappa shape index (κ3) is 3.41. The second kappa shape index (κ2) is 6.90. The number of halogens is 2. The van der Waals surface area contributed by atoms with E-state index >= 15 is 0 Å². The van der Waals surface area contributed by atoms with Crippen molar-refractivity contribution in [2.45, 2.75) is 13.8 Å². The third-order valence-electron chi connectivity index (χ3n) is 3.61. The van der Waals surface area contributed by atoms with E-state index in [1.54, 1.807) is 50.2 Å². The minimum atomic E-state index is -0.533. The number of ether oxygens (including phenoxy) is 1. The summed E-state index contributed by atoms with van der Waals surface area (Å²) in [6.07, 6.45) is 0. The maximum atomic E-state index is 12.9. The summed E-state index contributed by atoms with van der Waals surface area (Å²) in [4.78, 5) is 24.9. The van der Waals surface area contributed by atoms with Gasteiger partial charge in [-0.25, -0.2) is 0 Å². The van der Waals surface area contributed by atoms with Crippen LogP contribution in [-0.2, 0) is 4.79 Å². The molecule has 2 aromatic carbocycles. The fraction of sp³-hybridized carbons (Fsp3) is 0.158. The molecule has 0 atom stereocenters. The van der Waals surface area contributed by atoms with Crippen molar-refractivity contribution in [3.8, 4) is 17.1 Å². The number of hydrogen-bond donors (Lipinski definition) is 0. The summed E-state index contributed by atoms with van der Waals surface area (Å²) in [7, 11) is 0. The van der Waals surface area contributed by atoms with Crippen molar-refractivity contribution in [1.82, 2.24) is 0 Å². The standard InChI is InChI=1S/C19H14Cl2O4/c1-10(2)19(23)25-18-16(22)13-5-3-4-6-15(13)24-17(18)12-8-7-11(20)9-14(12)21/h3-10H,1-2H3. The first-order valence-electron chi connectivity index (χ1n) is 7.61. The smallest absolute Gasteiger partial charge is 0.314 e. The molecule has 0 aliphatic carbocycles. The van der Waals surface area contributed by atoms with Crippen molar-refractivity contribution in [1.29, 1.82) is 0 Å². The maximum absolute atomic E-state index is 12.9. The van der Waals surface area contributed by atoms with Gasteiger partial charge in [0.05, 0.1) is 16.3 Å². The number of hydrogen-bond acceptors (Lipinski definition) is 4. The van der Waals surface area contributed by atoms with Gasteiger partial charge in [0.1, 0.15) is 5.58 Å². The molecule has 0 bridgehead atoms. The SMILES string of the molecule is CC(C)C(=O)Oc1c(-c2ccc(Cl)cc2Cl)oc2ccccc2c1=O. The molecule has 0 saturated heterocycles. The molecular weight excluding hydrogens is 363 g/mol. The molecule has 3 rings (SSSR count). The van der Waals surface area contributed by atoms with Crippen molar-refractivity contribution >= 4 is 40.1 Å². The average Bonchev–Trinajstić information content (AvgIpc) is 2.57. The van der Waals surface area contributed by atoms with Gasteiger partial charge in [-0.05, 0) is 30.3 Å². The molecule has 1 heterocycles. The number of rotatable bonds is 3. The lowest BCUT2D eigenvalue weighted by Gasteiger charge is -2.12. The lowest BCUT2D eigenvalue weighted by Crippen LogP contribution is -2.20. The van der Waals surface area contributed by atoms with Gasteiger partial charge in [-0.15, -0.1) is 0 Å². The van der Waals surface area contributed by atoms with Crippen molar-refractivity contribution < 1.29 is 13.9 Å². The van der Waals surface area contributed by atoms with Crippen LogP contribution in [0.4, 0.5) is 0 Å². The molecule has 6 heteroatoms. The van der Waals surface area contributed by atoms with Crippen LogP contribution >= 0.6 is 23.2 Å². The highest BCUT2D eigenvalue weighted by atomic mass is 35.5. The minimum Gasteiger partial charge on any atom is -0.452 e. The van der Waals surface area contributed by atoms with Crippen molar-refractivity contribution in [3.63, 3.8) is 0 Å². The first-order valence-corrected chi connectivity index (χ1v) is 8.37. The van der Waals surface area contributed by atoms with E-state index in [9.17, 15) is 9.59 Å². The molecule has 0 N–H and O–H groups in total. The molecule has 0 saturated carbocycles. The fourth-order valence-corrected chi connectivity index (χ4v) is 2.78. The molecule has 0 unspecified atom stereocenters. The van der Waals surface area contributed by atoms with Gasteiger partial charge in [0.15, 0.2) is 5.76 Å². The number of carbonyl (C=O) groups excluding carboxylic acids is 1. The van der Waals surface area contributed by atoms with Crippen LogP contribution in [0.1, 0.15) is 13.8 Å². The molecule has 0 aliphatic heterocycles. The Morgan fingerprint density at radius 2 is 1.84 bits per heavy atom. The number of carbonyl (C=O) groups is 1. The van der Waals surface area contributed by atoms with E-state index in [1.807, 2.05) is 0 Å². The van der Waals surface area contributed by atoms with Gasteiger partial charge in [0.25, 0.3) is 0 Å². The number of esters is 1. The van der Waals surface area contributed by atoms with Crippen molar-refractivity contribution in [3.05, 3.63) is 62.7 Å². The quantitative estimate of drug-likeness (QED) is 0.579. The Kier molecular flexibility index (Phi) is 4.84. The molecule has 1 aromatic heterocycles. The average molecular weight is 377 g/mol.